The Hall–Kier alpha value is -2.63. The molecule has 1 unspecified atom stereocenters. The van der Waals surface area contributed by atoms with E-state index in [2.05, 4.69) is 34.3 Å². The molecule has 1 aromatic heterocycles. The largest absolute Gasteiger partial charge is 0.367 e. The number of hydrogen-bond acceptors (Lipinski definition) is 4. The number of para-hydroxylation sites is 1. The zero-order valence-electron chi connectivity index (χ0n) is 15.3. The normalized spacial score (nSPS) is 21.1. The van der Waals surface area contributed by atoms with Crippen LogP contribution in [-0.2, 0) is 16.8 Å². The van der Waals surface area contributed by atoms with E-state index in [0.29, 0.717) is 31.1 Å². The number of ether oxygens (including phenoxy) is 1. The molecular weight excluding hydrogens is 374 g/mol. The quantitative estimate of drug-likeness (QED) is 0.668. The van der Waals surface area contributed by atoms with Crippen LogP contribution in [-0.4, -0.2) is 29.5 Å². The van der Waals surface area contributed by atoms with Gasteiger partial charge in [-0.15, -0.1) is 0 Å². The predicted octanol–water partition coefficient (Wildman–Crippen LogP) is 3.56. The second kappa shape index (κ2) is 6.76. The highest BCUT2D eigenvalue weighted by atomic mass is 35.5. The van der Waals surface area contributed by atoms with Gasteiger partial charge in [0, 0.05) is 6.54 Å². The molecule has 1 aliphatic carbocycles. The molecule has 1 atom stereocenters. The first-order valence-corrected chi connectivity index (χ1v) is 9.86. The van der Waals surface area contributed by atoms with Crippen LogP contribution in [0.5, 0.6) is 0 Å². The van der Waals surface area contributed by atoms with Crippen molar-refractivity contribution in [3.63, 3.8) is 0 Å². The van der Waals surface area contributed by atoms with Gasteiger partial charge in [-0.05, 0) is 36.1 Å². The van der Waals surface area contributed by atoms with Crippen molar-refractivity contribution in [3.05, 3.63) is 87.3 Å². The Kier molecular flexibility index (Phi) is 4.22. The SMILES string of the molecule is O=c1c(Cl)c(N2CCOC3(CCc4ccccc43)C2)cnn1-c1ccccc1. The molecule has 0 radical (unpaired) electrons. The molecule has 2 heterocycles. The summed E-state index contributed by atoms with van der Waals surface area (Å²) in [6.07, 6.45) is 3.64. The molecule has 0 bridgehead atoms. The van der Waals surface area contributed by atoms with Gasteiger partial charge in [0.2, 0.25) is 0 Å². The van der Waals surface area contributed by atoms with Crippen molar-refractivity contribution in [3.8, 4) is 5.69 Å². The molecule has 1 aliphatic heterocycles. The van der Waals surface area contributed by atoms with Crippen LogP contribution in [0.15, 0.2) is 65.6 Å². The van der Waals surface area contributed by atoms with Crippen molar-refractivity contribution in [2.24, 2.45) is 0 Å². The van der Waals surface area contributed by atoms with Crippen LogP contribution in [0.25, 0.3) is 5.69 Å². The summed E-state index contributed by atoms with van der Waals surface area (Å²) in [6.45, 7) is 1.94. The van der Waals surface area contributed by atoms with Crippen LogP contribution in [0.4, 0.5) is 5.69 Å². The van der Waals surface area contributed by atoms with Crippen molar-refractivity contribution in [2.45, 2.75) is 18.4 Å². The highest BCUT2D eigenvalue weighted by molar-refractivity contribution is 6.33. The van der Waals surface area contributed by atoms with E-state index < -0.39 is 0 Å². The zero-order chi connectivity index (χ0) is 19.1. The topological polar surface area (TPSA) is 47.4 Å². The van der Waals surface area contributed by atoms with E-state index in [-0.39, 0.29) is 16.2 Å². The third-order valence-corrected chi connectivity index (χ3v) is 6.09. The number of halogens is 1. The summed E-state index contributed by atoms with van der Waals surface area (Å²) < 4.78 is 7.62. The molecule has 0 saturated carbocycles. The van der Waals surface area contributed by atoms with Crippen molar-refractivity contribution >= 4 is 17.3 Å². The number of anilines is 1. The summed E-state index contributed by atoms with van der Waals surface area (Å²) in [5.41, 5.74) is 3.31. The summed E-state index contributed by atoms with van der Waals surface area (Å²) in [7, 11) is 0. The molecule has 6 heteroatoms. The van der Waals surface area contributed by atoms with Gasteiger partial charge in [0.15, 0.2) is 0 Å². The highest BCUT2D eigenvalue weighted by Gasteiger charge is 2.43. The molecule has 1 saturated heterocycles. The maximum atomic E-state index is 12.9. The third-order valence-electron chi connectivity index (χ3n) is 5.73. The highest BCUT2D eigenvalue weighted by Crippen LogP contribution is 2.43. The third kappa shape index (κ3) is 2.74. The monoisotopic (exact) mass is 393 g/mol. The van der Waals surface area contributed by atoms with Crippen LogP contribution in [0.1, 0.15) is 17.5 Å². The Morgan fingerprint density at radius 3 is 2.71 bits per heavy atom. The fourth-order valence-electron chi connectivity index (χ4n) is 4.36. The fourth-order valence-corrected chi connectivity index (χ4v) is 4.60. The molecule has 5 rings (SSSR count). The summed E-state index contributed by atoms with van der Waals surface area (Å²) in [6, 6.07) is 17.8. The smallest absolute Gasteiger partial charge is 0.292 e. The van der Waals surface area contributed by atoms with Gasteiger partial charge in [0.05, 0.1) is 30.7 Å². The van der Waals surface area contributed by atoms with E-state index in [1.807, 2.05) is 30.3 Å². The van der Waals surface area contributed by atoms with Crippen LogP contribution >= 0.6 is 11.6 Å². The average Bonchev–Trinajstić information content (AvgIpc) is 3.09. The minimum atomic E-state index is -0.341. The zero-order valence-corrected chi connectivity index (χ0v) is 16.1. The number of morpholine rings is 1. The molecule has 1 fully saturated rings. The first kappa shape index (κ1) is 17.5. The molecule has 3 aromatic rings. The van der Waals surface area contributed by atoms with E-state index in [1.54, 1.807) is 6.20 Å². The Balaban J connectivity index is 1.50. The Labute approximate surface area is 168 Å². The van der Waals surface area contributed by atoms with E-state index in [1.165, 1.54) is 15.8 Å². The van der Waals surface area contributed by atoms with Crippen molar-refractivity contribution < 1.29 is 4.74 Å². The van der Waals surface area contributed by atoms with Crippen molar-refractivity contribution in [1.29, 1.82) is 0 Å². The lowest BCUT2D eigenvalue weighted by Gasteiger charge is -2.42. The van der Waals surface area contributed by atoms with Gasteiger partial charge in [0.25, 0.3) is 5.56 Å². The van der Waals surface area contributed by atoms with Crippen LogP contribution < -0.4 is 10.5 Å². The van der Waals surface area contributed by atoms with E-state index in [0.717, 1.165) is 12.8 Å². The number of hydrogen-bond donors (Lipinski definition) is 0. The molecule has 5 nitrogen and oxygen atoms in total. The van der Waals surface area contributed by atoms with E-state index in [4.69, 9.17) is 16.3 Å². The standard InChI is InChI=1S/C22H20ClN3O2/c23-20-19(14-24-26(21(20)27)17-7-2-1-3-8-17)25-12-13-28-22(15-25)11-10-16-6-4-5-9-18(16)22/h1-9,14H,10-13,15H2. The molecule has 0 N–H and O–H groups in total. The van der Waals surface area contributed by atoms with Crippen LogP contribution in [0.3, 0.4) is 0 Å². The molecule has 28 heavy (non-hydrogen) atoms. The number of nitrogens with zero attached hydrogens (tertiary/aromatic N) is 3. The number of aryl methyl sites for hydroxylation is 1. The van der Waals surface area contributed by atoms with Gasteiger partial charge in [-0.3, -0.25) is 4.79 Å². The Morgan fingerprint density at radius 1 is 1.07 bits per heavy atom. The molecule has 2 aromatic carbocycles. The number of fused-ring (bicyclic) bond motifs is 2. The van der Waals surface area contributed by atoms with Crippen LogP contribution in [0.2, 0.25) is 5.02 Å². The Bertz CT molecular complexity index is 1080. The lowest BCUT2D eigenvalue weighted by molar-refractivity contribution is -0.0592. The van der Waals surface area contributed by atoms with Gasteiger partial charge in [-0.1, -0.05) is 54.1 Å². The molecular formula is C22H20ClN3O2. The minimum absolute atomic E-state index is 0.196. The number of aromatic nitrogens is 2. The van der Waals surface area contributed by atoms with Crippen molar-refractivity contribution in [1.82, 2.24) is 9.78 Å². The molecule has 1 spiro atoms. The number of benzene rings is 2. The average molecular weight is 394 g/mol. The molecule has 142 valence electrons. The molecule has 0 amide bonds. The Morgan fingerprint density at radius 2 is 1.86 bits per heavy atom. The van der Waals surface area contributed by atoms with Gasteiger partial charge < -0.3 is 9.64 Å². The van der Waals surface area contributed by atoms with Gasteiger partial charge in [-0.25, -0.2) is 0 Å². The first-order chi connectivity index (χ1) is 13.7. The summed E-state index contributed by atoms with van der Waals surface area (Å²) in [5, 5.41) is 4.58. The summed E-state index contributed by atoms with van der Waals surface area (Å²) in [4.78, 5) is 15.0. The van der Waals surface area contributed by atoms with Gasteiger partial charge in [-0.2, -0.15) is 9.78 Å². The lowest BCUT2D eigenvalue weighted by atomic mass is 9.93. The fraction of sp³-hybridized carbons (Fsp3) is 0.273. The maximum absolute atomic E-state index is 12.9. The van der Waals surface area contributed by atoms with Gasteiger partial charge in [0.1, 0.15) is 10.6 Å². The lowest BCUT2D eigenvalue weighted by Crippen LogP contribution is -2.49. The second-order valence-electron chi connectivity index (χ2n) is 7.32. The summed E-state index contributed by atoms with van der Waals surface area (Å²) in [5.74, 6) is 0. The first-order valence-electron chi connectivity index (χ1n) is 9.48. The number of rotatable bonds is 2. The maximum Gasteiger partial charge on any atom is 0.292 e. The van der Waals surface area contributed by atoms with E-state index in [9.17, 15) is 4.79 Å². The summed E-state index contributed by atoms with van der Waals surface area (Å²) >= 11 is 6.52. The minimum Gasteiger partial charge on any atom is -0.367 e. The second-order valence-corrected chi connectivity index (χ2v) is 7.70. The molecule has 2 aliphatic rings. The van der Waals surface area contributed by atoms with Crippen LogP contribution in [0, 0.1) is 0 Å². The van der Waals surface area contributed by atoms with E-state index >= 15 is 0 Å². The van der Waals surface area contributed by atoms with Crippen molar-refractivity contribution in [2.75, 3.05) is 24.6 Å². The van der Waals surface area contributed by atoms with Gasteiger partial charge >= 0.3 is 0 Å². The predicted molar refractivity (Wildman–Crippen MR) is 109 cm³/mol.